The average Bonchev–Trinajstić information content (AvgIpc) is 2.09. The van der Waals surface area contributed by atoms with E-state index in [-0.39, 0.29) is 11.7 Å². The van der Waals surface area contributed by atoms with Crippen LogP contribution in [0.15, 0.2) is 0 Å². The molecule has 4 heteroatoms. The molecule has 2 rings (SSSR count). The van der Waals surface area contributed by atoms with Gasteiger partial charge in [-0.05, 0) is 59.5 Å². The van der Waals surface area contributed by atoms with Crippen LogP contribution in [0.2, 0.25) is 0 Å². The first-order valence-electron chi connectivity index (χ1n) is 6.96. The lowest BCUT2D eigenvalue weighted by Crippen LogP contribution is -2.64. The molecule has 0 aromatic carbocycles. The molecule has 0 aromatic heterocycles. The van der Waals surface area contributed by atoms with Crippen molar-refractivity contribution in [3.8, 4) is 0 Å². The SMILES string of the molecule is CNCCC1CC2(C1)CN(C(=O)OC(C)(C)C)C2. The maximum atomic E-state index is 11.8. The molecule has 0 aromatic rings. The Balaban J connectivity index is 1.67. The van der Waals surface area contributed by atoms with Crippen LogP contribution in [0.25, 0.3) is 0 Å². The predicted octanol–water partition coefficient (Wildman–Crippen LogP) is 2.24. The highest BCUT2D eigenvalue weighted by atomic mass is 16.6. The van der Waals surface area contributed by atoms with Gasteiger partial charge in [-0.15, -0.1) is 0 Å². The fourth-order valence-corrected chi connectivity index (χ4v) is 3.19. The lowest BCUT2D eigenvalue weighted by Gasteiger charge is -2.59. The molecule has 2 fully saturated rings. The van der Waals surface area contributed by atoms with Crippen LogP contribution in [-0.2, 0) is 4.74 Å². The molecule has 0 atom stereocenters. The van der Waals surface area contributed by atoms with Crippen molar-refractivity contribution in [3.05, 3.63) is 0 Å². The number of rotatable bonds is 3. The van der Waals surface area contributed by atoms with E-state index in [0.717, 1.165) is 25.6 Å². The van der Waals surface area contributed by atoms with Crippen LogP contribution in [-0.4, -0.2) is 43.3 Å². The van der Waals surface area contributed by atoms with Crippen molar-refractivity contribution < 1.29 is 9.53 Å². The Morgan fingerprint density at radius 2 is 2.00 bits per heavy atom. The number of hydrogen-bond donors (Lipinski definition) is 1. The molecule has 0 bridgehead atoms. The Morgan fingerprint density at radius 3 is 2.50 bits per heavy atom. The maximum Gasteiger partial charge on any atom is 0.410 e. The van der Waals surface area contributed by atoms with Gasteiger partial charge in [-0.25, -0.2) is 4.79 Å². The molecular weight excluding hydrogens is 228 g/mol. The minimum absolute atomic E-state index is 0.146. The van der Waals surface area contributed by atoms with Crippen molar-refractivity contribution >= 4 is 6.09 Å². The quantitative estimate of drug-likeness (QED) is 0.840. The van der Waals surface area contributed by atoms with E-state index in [0.29, 0.717) is 5.41 Å². The third-order valence-corrected chi connectivity index (χ3v) is 3.95. The fourth-order valence-electron chi connectivity index (χ4n) is 3.19. The Kier molecular flexibility index (Phi) is 3.58. The summed E-state index contributed by atoms with van der Waals surface area (Å²) in [6, 6.07) is 0. The molecular formula is C14H26N2O2. The highest BCUT2D eigenvalue weighted by molar-refractivity contribution is 5.69. The first-order chi connectivity index (χ1) is 8.34. The molecule has 18 heavy (non-hydrogen) atoms. The number of amides is 1. The van der Waals surface area contributed by atoms with Gasteiger partial charge in [0.1, 0.15) is 5.60 Å². The highest BCUT2D eigenvalue weighted by Gasteiger charge is 2.53. The number of hydrogen-bond acceptors (Lipinski definition) is 3. The van der Waals surface area contributed by atoms with Crippen LogP contribution in [0.1, 0.15) is 40.0 Å². The largest absolute Gasteiger partial charge is 0.444 e. The van der Waals surface area contributed by atoms with Gasteiger partial charge in [0.25, 0.3) is 0 Å². The zero-order chi connectivity index (χ0) is 13.4. The Labute approximate surface area is 110 Å². The predicted molar refractivity (Wildman–Crippen MR) is 71.5 cm³/mol. The van der Waals surface area contributed by atoms with E-state index in [1.54, 1.807) is 0 Å². The number of nitrogens with one attached hydrogen (secondary N) is 1. The van der Waals surface area contributed by atoms with Crippen LogP contribution >= 0.6 is 0 Å². The summed E-state index contributed by atoms with van der Waals surface area (Å²) in [7, 11) is 2.00. The van der Waals surface area contributed by atoms with E-state index in [1.807, 2.05) is 32.7 Å². The second kappa shape index (κ2) is 4.72. The molecule has 1 aliphatic heterocycles. The van der Waals surface area contributed by atoms with E-state index in [2.05, 4.69) is 5.32 Å². The van der Waals surface area contributed by atoms with Gasteiger partial charge in [0.2, 0.25) is 0 Å². The van der Waals surface area contributed by atoms with E-state index in [1.165, 1.54) is 19.3 Å². The molecule has 104 valence electrons. The summed E-state index contributed by atoms with van der Waals surface area (Å²) in [4.78, 5) is 13.7. The van der Waals surface area contributed by atoms with Gasteiger partial charge < -0.3 is 15.0 Å². The Morgan fingerprint density at radius 1 is 1.39 bits per heavy atom. The van der Waals surface area contributed by atoms with Gasteiger partial charge in [0.15, 0.2) is 0 Å². The van der Waals surface area contributed by atoms with E-state index < -0.39 is 0 Å². The molecule has 1 saturated heterocycles. The zero-order valence-corrected chi connectivity index (χ0v) is 12.1. The summed E-state index contributed by atoms with van der Waals surface area (Å²) in [6.07, 6.45) is 3.69. The molecule has 1 heterocycles. The van der Waals surface area contributed by atoms with Crippen molar-refractivity contribution in [1.29, 1.82) is 0 Å². The smallest absolute Gasteiger partial charge is 0.410 e. The van der Waals surface area contributed by atoms with E-state index in [4.69, 9.17) is 4.74 Å². The van der Waals surface area contributed by atoms with Gasteiger partial charge in [0.05, 0.1) is 0 Å². The number of nitrogens with zero attached hydrogens (tertiary/aromatic N) is 1. The summed E-state index contributed by atoms with van der Waals surface area (Å²) in [6.45, 7) is 8.65. The molecule has 1 saturated carbocycles. The van der Waals surface area contributed by atoms with Crippen LogP contribution in [0.4, 0.5) is 4.79 Å². The minimum Gasteiger partial charge on any atom is -0.444 e. The number of likely N-dealkylation sites (tertiary alicyclic amines) is 1. The van der Waals surface area contributed by atoms with Gasteiger partial charge in [-0.1, -0.05) is 0 Å². The Bertz CT molecular complexity index is 308. The Hall–Kier alpha value is -0.770. The van der Waals surface area contributed by atoms with Gasteiger partial charge in [-0.3, -0.25) is 0 Å². The number of carbonyl (C=O) groups is 1. The molecule has 1 aliphatic carbocycles. The molecule has 1 spiro atoms. The van der Waals surface area contributed by atoms with Crippen molar-refractivity contribution in [1.82, 2.24) is 10.2 Å². The summed E-state index contributed by atoms with van der Waals surface area (Å²) in [5.41, 5.74) is 0.0596. The van der Waals surface area contributed by atoms with Crippen LogP contribution in [0.3, 0.4) is 0 Å². The molecule has 4 nitrogen and oxygen atoms in total. The zero-order valence-electron chi connectivity index (χ0n) is 12.1. The number of carbonyl (C=O) groups excluding carboxylic acids is 1. The highest BCUT2D eigenvalue weighted by Crippen LogP contribution is 2.53. The summed E-state index contributed by atoms with van der Waals surface area (Å²) >= 11 is 0. The summed E-state index contributed by atoms with van der Waals surface area (Å²) < 4.78 is 5.37. The van der Waals surface area contributed by atoms with Gasteiger partial charge >= 0.3 is 6.09 Å². The molecule has 1 N–H and O–H groups in total. The second-order valence-corrected chi connectivity index (χ2v) is 7.00. The van der Waals surface area contributed by atoms with Crippen LogP contribution in [0.5, 0.6) is 0 Å². The maximum absolute atomic E-state index is 11.8. The van der Waals surface area contributed by atoms with Gasteiger partial charge in [-0.2, -0.15) is 0 Å². The number of ether oxygens (including phenoxy) is 1. The topological polar surface area (TPSA) is 41.6 Å². The fraction of sp³-hybridized carbons (Fsp3) is 0.929. The second-order valence-electron chi connectivity index (χ2n) is 7.00. The van der Waals surface area contributed by atoms with E-state index in [9.17, 15) is 4.79 Å². The lowest BCUT2D eigenvalue weighted by molar-refractivity contribution is -0.0962. The first kappa shape index (κ1) is 13.7. The first-order valence-corrected chi connectivity index (χ1v) is 6.96. The molecule has 1 amide bonds. The van der Waals surface area contributed by atoms with Crippen molar-refractivity contribution in [2.75, 3.05) is 26.7 Å². The van der Waals surface area contributed by atoms with Crippen molar-refractivity contribution in [2.45, 2.75) is 45.6 Å². The monoisotopic (exact) mass is 254 g/mol. The average molecular weight is 254 g/mol. The summed E-state index contributed by atoms with van der Waals surface area (Å²) in [5.74, 6) is 0.859. The third-order valence-electron chi connectivity index (χ3n) is 3.95. The minimum atomic E-state index is -0.380. The lowest BCUT2D eigenvalue weighted by atomic mass is 9.57. The van der Waals surface area contributed by atoms with Gasteiger partial charge in [0, 0.05) is 18.5 Å². The summed E-state index contributed by atoms with van der Waals surface area (Å²) in [5, 5.41) is 3.20. The van der Waals surface area contributed by atoms with Crippen LogP contribution < -0.4 is 5.32 Å². The van der Waals surface area contributed by atoms with Crippen molar-refractivity contribution in [2.24, 2.45) is 11.3 Å². The molecule has 0 radical (unpaired) electrons. The molecule has 2 aliphatic rings. The van der Waals surface area contributed by atoms with Crippen LogP contribution in [0, 0.1) is 11.3 Å². The van der Waals surface area contributed by atoms with E-state index >= 15 is 0 Å². The molecule has 0 unspecified atom stereocenters. The van der Waals surface area contributed by atoms with Crippen molar-refractivity contribution in [3.63, 3.8) is 0 Å². The third kappa shape index (κ3) is 2.97. The standard InChI is InChI=1S/C14H26N2O2/c1-13(2,3)18-12(17)16-9-14(10-16)7-11(8-14)5-6-15-4/h11,15H,5-10H2,1-4H3. The normalized spacial score (nSPS) is 22.6.